The first-order valence-electron chi connectivity index (χ1n) is 6.93. The van der Waals surface area contributed by atoms with Crippen molar-refractivity contribution in [2.45, 2.75) is 13.0 Å². The minimum atomic E-state index is -0.215. The highest BCUT2D eigenvalue weighted by Gasteiger charge is 2.04. The highest BCUT2D eigenvalue weighted by atomic mass is 19.1. The number of halogens is 1. The highest BCUT2D eigenvalue weighted by molar-refractivity contribution is 5.78. The van der Waals surface area contributed by atoms with Crippen LogP contribution in [0.4, 0.5) is 4.39 Å². The molecule has 0 radical (unpaired) electrons. The molecule has 0 N–H and O–H groups in total. The molecule has 0 spiro atoms. The number of hydrogen-bond donors (Lipinski definition) is 0. The molecular formula is C16H22FN3. The van der Waals surface area contributed by atoms with Crippen molar-refractivity contribution in [2.24, 2.45) is 0 Å². The Hall–Kier alpha value is -1.52. The molecule has 0 aliphatic rings. The normalized spacial score (nSPS) is 11.7. The van der Waals surface area contributed by atoms with Crippen molar-refractivity contribution in [3.05, 3.63) is 41.8 Å². The van der Waals surface area contributed by atoms with E-state index in [1.54, 1.807) is 6.07 Å². The van der Waals surface area contributed by atoms with Crippen molar-refractivity contribution in [1.82, 2.24) is 14.8 Å². The van der Waals surface area contributed by atoms with Crippen LogP contribution in [-0.2, 0) is 6.54 Å². The zero-order valence-corrected chi connectivity index (χ0v) is 12.4. The number of aromatic nitrogens is 1. The van der Waals surface area contributed by atoms with Crippen molar-refractivity contribution >= 4 is 10.9 Å². The largest absolute Gasteiger partial charge is 0.309 e. The molecule has 2 aromatic rings. The van der Waals surface area contributed by atoms with Gasteiger partial charge in [-0.25, -0.2) is 4.39 Å². The molecule has 0 unspecified atom stereocenters. The molecule has 0 fully saturated rings. The number of hydrogen-bond acceptors (Lipinski definition) is 3. The molecule has 0 saturated carbocycles. The van der Waals surface area contributed by atoms with Gasteiger partial charge in [-0.3, -0.25) is 4.98 Å². The van der Waals surface area contributed by atoms with Crippen LogP contribution in [0.1, 0.15) is 12.1 Å². The lowest BCUT2D eigenvalue weighted by Gasteiger charge is -2.17. The van der Waals surface area contributed by atoms with Crippen molar-refractivity contribution in [3.63, 3.8) is 0 Å². The van der Waals surface area contributed by atoms with E-state index in [1.807, 2.05) is 12.1 Å². The summed E-state index contributed by atoms with van der Waals surface area (Å²) in [5.74, 6) is -0.215. The fraction of sp³-hybridized carbons (Fsp3) is 0.438. The fourth-order valence-electron chi connectivity index (χ4n) is 2.24. The smallest absolute Gasteiger partial charge is 0.123 e. The molecule has 108 valence electrons. The first-order valence-corrected chi connectivity index (χ1v) is 6.93. The second-order valence-corrected chi connectivity index (χ2v) is 5.53. The summed E-state index contributed by atoms with van der Waals surface area (Å²) in [6, 6.07) is 8.63. The molecular weight excluding hydrogens is 253 g/mol. The van der Waals surface area contributed by atoms with Gasteiger partial charge in [-0.2, -0.15) is 0 Å². The third-order valence-corrected chi connectivity index (χ3v) is 3.29. The zero-order valence-electron chi connectivity index (χ0n) is 12.4. The summed E-state index contributed by atoms with van der Waals surface area (Å²) in [5, 5.41) is 0.851. The third kappa shape index (κ3) is 4.25. The van der Waals surface area contributed by atoms with Gasteiger partial charge >= 0.3 is 0 Å². The van der Waals surface area contributed by atoms with Crippen LogP contribution in [0.3, 0.4) is 0 Å². The number of fused-ring (bicyclic) bond motifs is 1. The standard InChI is InChI=1S/C16H22FN3/c1-19(2)9-4-10-20(3)12-15-7-5-13-11-14(17)6-8-16(13)18-15/h5-8,11H,4,9-10,12H2,1-3H3. The van der Waals surface area contributed by atoms with Crippen molar-refractivity contribution in [1.29, 1.82) is 0 Å². The number of nitrogens with zero attached hydrogens (tertiary/aromatic N) is 3. The maximum Gasteiger partial charge on any atom is 0.123 e. The summed E-state index contributed by atoms with van der Waals surface area (Å²) in [4.78, 5) is 9.04. The van der Waals surface area contributed by atoms with Gasteiger partial charge in [0, 0.05) is 11.9 Å². The molecule has 1 aromatic carbocycles. The van der Waals surface area contributed by atoms with E-state index in [2.05, 4.69) is 35.9 Å². The van der Waals surface area contributed by atoms with Crippen molar-refractivity contribution in [2.75, 3.05) is 34.2 Å². The van der Waals surface area contributed by atoms with Crippen LogP contribution in [0.5, 0.6) is 0 Å². The van der Waals surface area contributed by atoms with Crippen LogP contribution in [0, 0.1) is 5.82 Å². The molecule has 0 bridgehead atoms. The lowest BCUT2D eigenvalue weighted by Crippen LogP contribution is -2.23. The first kappa shape index (κ1) is 14.9. The van der Waals surface area contributed by atoms with Gasteiger partial charge in [-0.1, -0.05) is 6.07 Å². The Morgan fingerprint density at radius 3 is 2.60 bits per heavy atom. The summed E-state index contributed by atoms with van der Waals surface area (Å²) in [5.41, 5.74) is 1.88. The molecule has 0 atom stereocenters. The summed E-state index contributed by atoms with van der Waals surface area (Å²) < 4.78 is 13.1. The van der Waals surface area contributed by atoms with E-state index in [0.29, 0.717) is 0 Å². The number of pyridine rings is 1. The maximum atomic E-state index is 13.1. The zero-order chi connectivity index (χ0) is 14.5. The van der Waals surface area contributed by atoms with E-state index in [-0.39, 0.29) is 5.82 Å². The van der Waals surface area contributed by atoms with Crippen LogP contribution in [-0.4, -0.2) is 49.0 Å². The van der Waals surface area contributed by atoms with E-state index < -0.39 is 0 Å². The lowest BCUT2D eigenvalue weighted by atomic mass is 10.2. The number of rotatable bonds is 6. The van der Waals surface area contributed by atoms with E-state index in [9.17, 15) is 4.39 Å². The molecule has 4 heteroatoms. The average Bonchev–Trinajstić information content (AvgIpc) is 2.38. The van der Waals surface area contributed by atoms with Gasteiger partial charge in [0.25, 0.3) is 0 Å². The summed E-state index contributed by atoms with van der Waals surface area (Å²) in [7, 11) is 6.28. The molecule has 1 heterocycles. The molecule has 0 aliphatic heterocycles. The van der Waals surface area contributed by atoms with Gasteiger partial charge in [0.2, 0.25) is 0 Å². The minimum absolute atomic E-state index is 0.215. The van der Waals surface area contributed by atoms with Gasteiger partial charge in [0.1, 0.15) is 5.82 Å². The van der Waals surface area contributed by atoms with Gasteiger partial charge in [-0.15, -0.1) is 0 Å². The average molecular weight is 275 g/mol. The van der Waals surface area contributed by atoms with Crippen molar-refractivity contribution in [3.8, 4) is 0 Å². The van der Waals surface area contributed by atoms with Crippen LogP contribution in [0.25, 0.3) is 10.9 Å². The Morgan fingerprint density at radius 1 is 1.05 bits per heavy atom. The Morgan fingerprint density at radius 2 is 1.85 bits per heavy atom. The van der Waals surface area contributed by atoms with Crippen molar-refractivity contribution < 1.29 is 4.39 Å². The quantitative estimate of drug-likeness (QED) is 0.808. The van der Waals surface area contributed by atoms with Crippen LogP contribution in [0.2, 0.25) is 0 Å². The van der Waals surface area contributed by atoms with E-state index in [4.69, 9.17) is 0 Å². The summed E-state index contributed by atoms with van der Waals surface area (Å²) in [6.45, 7) is 2.96. The molecule has 2 rings (SSSR count). The Labute approximate surface area is 120 Å². The predicted octanol–water partition coefficient (Wildman–Crippen LogP) is 2.76. The van der Waals surface area contributed by atoms with Gasteiger partial charge < -0.3 is 9.80 Å². The monoisotopic (exact) mass is 275 g/mol. The summed E-state index contributed by atoms with van der Waals surface area (Å²) >= 11 is 0. The topological polar surface area (TPSA) is 19.4 Å². The van der Waals surface area contributed by atoms with Gasteiger partial charge in [-0.05, 0) is 64.9 Å². The van der Waals surface area contributed by atoms with E-state index in [1.165, 1.54) is 12.1 Å². The second kappa shape index (κ2) is 6.77. The maximum absolute atomic E-state index is 13.1. The molecule has 0 amide bonds. The molecule has 3 nitrogen and oxygen atoms in total. The second-order valence-electron chi connectivity index (χ2n) is 5.53. The lowest BCUT2D eigenvalue weighted by molar-refractivity contribution is 0.292. The summed E-state index contributed by atoms with van der Waals surface area (Å²) in [6.07, 6.45) is 1.14. The molecule has 0 aliphatic carbocycles. The number of benzene rings is 1. The van der Waals surface area contributed by atoms with E-state index >= 15 is 0 Å². The third-order valence-electron chi connectivity index (χ3n) is 3.29. The SMILES string of the molecule is CN(C)CCCN(C)Cc1ccc2cc(F)ccc2n1. The Bertz CT molecular complexity index is 569. The van der Waals surface area contributed by atoms with Gasteiger partial charge in [0.15, 0.2) is 0 Å². The molecule has 20 heavy (non-hydrogen) atoms. The fourth-order valence-corrected chi connectivity index (χ4v) is 2.24. The Balaban J connectivity index is 1.97. The highest BCUT2D eigenvalue weighted by Crippen LogP contribution is 2.14. The minimum Gasteiger partial charge on any atom is -0.309 e. The van der Waals surface area contributed by atoms with E-state index in [0.717, 1.165) is 42.7 Å². The van der Waals surface area contributed by atoms with Crippen LogP contribution >= 0.6 is 0 Å². The van der Waals surface area contributed by atoms with Gasteiger partial charge in [0.05, 0.1) is 11.2 Å². The van der Waals surface area contributed by atoms with Crippen LogP contribution in [0.15, 0.2) is 30.3 Å². The van der Waals surface area contributed by atoms with Crippen LogP contribution < -0.4 is 0 Å². The predicted molar refractivity (Wildman–Crippen MR) is 81.2 cm³/mol. The Kier molecular flexibility index (Phi) is 5.04. The molecule has 0 saturated heterocycles. The molecule has 1 aromatic heterocycles. The first-order chi connectivity index (χ1) is 9.54.